The first-order chi connectivity index (χ1) is 8.18. The molecule has 0 fully saturated rings. The van der Waals surface area contributed by atoms with Gasteiger partial charge in [-0.1, -0.05) is 23.8 Å². The highest BCUT2D eigenvalue weighted by Gasteiger charge is 2.11. The molecule has 0 radical (unpaired) electrons. The van der Waals surface area contributed by atoms with Crippen LogP contribution < -0.4 is 5.32 Å². The third-order valence-electron chi connectivity index (χ3n) is 2.43. The van der Waals surface area contributed by atoms with Crippen molar-refractivity contribution in [1.29, 1.82) is 0 Å². The average Bonchev–Trinajstić information content (AvgIpc) is 2.56. The lowest BCUT2D eigenvalue weighted by molar-refractivity contribution is 0.564. The van der Waals surface area contributed by atoms with Gasteiger partial charge in [0.2, 0.25) is 0 Å². The lowest BCUT2D eigenvalue weighted by Gasteiger charge is -2.11. The van der Waals surface area contributed by atoms with Gasteiger partial charge in [0, 0.05) is 17.5 Å². The Bertz CT molecular complexity index is 544. The fraction of sp³-hybridized carbons (Fsp3) is 0.0769. The van der Waals surface area contributed by atoms with E-state index in [4.69, 9.17) is 0 Å². The number of hydrogen-bond acceptors (Lipinski definition) is 2. The summed E-state index contributed by atoms with van der Waals surface area (Å²) in [5.41, 5.74) is 2.62. The molecule has 1 aromatic rings. The van der Waals surface area contributed by atoms with Crippen LogP contribution in [-0.4, -0.2) is 8.76 Å². The molecule has 0 saturated carbocycles. The smallest absolute Gasteiger partial charge is 0.187 e. The van der Waals surface area contributed by atoms with Gasteiger partial charge >= 0.3 is 0 Å². The van der Waals surface area contributed by atoms with Crippen LogP contribution in [0.4, 0.5) is 0 Å². The highest BCUT2D eigenvalue weighted by atomic mass is 32.2. The van der Waals surface area contributed by atoms with Gasteiger partial charge in [-0.25, -0.2) is 4.21 Å². The summed E-state index contributed by atoms with van der Waals surface area (Å²) in [5, 5.41) is 3.09. The maximum Gasteiger partial charge on any atom is 0.187 e. The van der Waals surface area contributed by atoms with Gasteiger partial charge in [-0.3, -0.25) is 0 Å². The summed E-state index contributed by atoms with van der Waals surface area (Å²) in [5.74, 6) is 0. The Balaban J connectivity index is 2.53. The van der Waals surface area contributed by atoms with Gasteiger partial charge in [-0.15, -0.1) is 0 Å². The predicted molar refractivity (Wildman–Crippen MR) is 69.6 cm³/mol. The summed E-state index contributed by atoms with van der Waals surface area (Å²) in [6.07, 6.45) is 9.32. The van der Waals surface area contributed by atoms with Crippen molar-refractivity contribution in [2.75, 3.05) is 0 Å². The maximum absolute atomic E-state index is 11.3. The first-order valence-electron chi connectivity index (χ1n) is 5.20. The number of nitrogens with one attached hydrogen (secondary N) is 1. The van der Waals surface area contributed by atoms with Crippen molar-refractivity contribution in [2.45, 2.75) is 11.8 Å². The summed E-state index contributed by atoms with van der Waals surface area (Å²) < 4.78 is 20.6. The summed E-state index contributed by atoms with van der Waals surface area (Å²) in [4.78, 5) is 0.415. The normalized spacial score (nSPS) is 16.0. The van der Waals surface area contributed by atoms with Crippen molar-refractivity contribution < 1.29 is 8.76 Å². The van der Waals surface area contributed by atoms with E-state index < -0.39 is 11.1 Å². The van der Waals surface area contributed by atoms with E-state index in [1.54, 1.807) is 12.3 Å². The highest BCUT2D eigenvalue weighted by molar-refractivity contribution is 7.79. The first kappa shape index (κ1) is 11.8. The van der Waals surface area contributed by atoms with Crippen molar-refractivity contribution in [3.05, 3.63) is 59.8 Å². The minimum Gasteiger partial charge on any atom is -0.361 e. The lowest BCUT2D eigenvalue weighted by atomic mass is 10.1. The molecule has 17 heavy (non-hydrogen) atoms. The largest absolute Gasteiger partial charge is 0.361 e. The van der Waals surface area contributed by atoms with E-state index in [-0.39, 0.29) is 0 Å². The van der Waals surface area contributed by atoms with E-state index in [1.807, 2.05) is 43.4 Å². The maximum atomic E-state index is 11.3. The zero-order chi connectivity index (χ0) is 12.3. The molecule has 0 amide bonds. The first-order valence-corrected chi connectivity index (χ1v) is 6.31. The van der Waals surface area contributed by atoms with Crippen LogP contribution in [0.15, 0.2) is 53.6 Å². The third-order valence-corrected chi connectivity index (χ3v) is 3.17. The molecule has 2 N–H and O–H groups in total. The summed E-state index contributed by atoms with van der Waals surface area (Å²) >= 11 is -1.99. The second kappa shape index (κ2) is 5.12. The summed E-state index contributed by atoms with van der Waals surface area (Å²) in [6, 6.07) is 5.41. The van der Waals surface area contributed by atoms with Crippen LogP contribution in [0.2, 0.25) is 0 Å². The van der Waals surface area contributed by atoms with Crippen LogP contribution in [0.3, 0.4) is 0 Å². The minimum atomic E-state index is -1.99. The van der Waals surface area contributed by atoms with Gasteiger partial charge in [-0.2, -0.15) is 0 Å². The standard InChI is InChI=1S/C13H13NO2S/c1-10-6-7-13(17(15)16)11(9-10)12-5-3-2-4-8-14-12/h2-9,14H,1H3,(H,15,16). The Morgan fingerprint density at radius 2 is 2.06 bits per heavy atom. The van der Waals surface area contributed by atoms with Crippen molar-refractivity contribution in [1.82, 2.24) is 5.32 Å². The van der Waals surface area contributed by atoms with Gasteiger partial charge in [0.1, 0.15) is 0 Å². The molecular weight excluding hydrogens is 234 g/mol. The van der Waals surface area contributed by atoms with Crippen LogP contribution in [0, 0.1) is 6.92 Å². The minimum absolute atomic E-state index is 0.415. The Kier molecular flexibility index (Phi) is 3.56. The molecule has 2 rings (SSSR count). The summed E-state index contributed by atoms with van der Waals surface area (Å²) in [6.45, 7) is 1.95. The Hall–Kier alpha value is -1.65. The Morgan fingerprint density at radius 3 is 2.82 bits per heavy atom. The fourth-order valence-electron chi connectivity index (χ4n) is 1.63. The van der Waals surface area contributed by atoms with Crippen LogP contribution >= 0.6 is 0 Å². The van der Waals surface area contributed by atoms with E-state index in [1.165, 1.54) is 0 Å². The van der Waals surface area contributed by atoms with Gasteiger partial charge < -0.3 is 9.87 Å². The molecule has 1 aromatic carbocycles. The molecule has 0 bridgehead atoms. The molecular formula is C13H13NO2S. The molecule has 0 aromatic heterocycles. The molecule has 3 nitrogen and oxygen atoms in total. The van der Waals surface area contributed by atoms with Crippen molar-refractivity contribution in [2.24, 2.45) is 0 Å². The average molecular weight is 247 g/mol. The number of allylic oxidation sites excluding steroid dienone is 4. The number of benzene rings is 1. The molecule has 1 aliphatic rings. The summed E-state index contributed by atoms with van der Waals surface area (Å²) in [7, 11) is 0. The Labute approximate surface area is 103 Å². The molecule has 1 aliphatic heterocycles. The predicted octanol–water partition coefficient (Wildman–Crippen LogP) is 2.59. The van der Waals surface area contributed by atoms with Gasteiger partial charge in [0.05, 0.1) is 4.90 Å². The Morgan fingerprint density at radius 1 is 1.24 bits per heavy atom. The number of hydrogen-bond donors (Lipinski definition) is 2. The molecule has 4 heteroatoms. The molecule has 1 unspecified atom stereocenters. The third kappa shape index (κ3) is 2.72. The lowest BCUT2D eigenvalue weighted by Crippen LogP contribution is -2.06. The zero-order valence-electron chi connectivity index (χ0n) is 9.38. The molecule has 0 spiro atoms. The molecule has 0 saturated heterocycles. The number of rotatable bonds is 2. The second-order valence-electron chi connectivity index (χ2n) is 3.72. The van der Waals surface area contributed by atoms with Crippen LogP contribution in [0.5, 0.6) is 0 Å². The zero-order valence-corrected chi connectivity index (χ0v) is 10.2. The van der Waals surface area contributed by atoms with E-state index in [0.717, 1.165) is 16.8 Å². The molecule has 1 heterocycles. The highest BCUT2D eigenvalue weighted by Crippen LogP contribution is 2.22. The van der Waals surface area contributed by atoms with E-state index in [0.29, 0.717) is 4.90 Å². The van der Waals surface area contributed by atoms with Gasteiger partial charge in [0.15, 0.2) is 11.1 Å². The van der Waals surface area contributed by atoms with Crippen LogP contribution in [0.1, 0.15) is 11.1 Å². The molecule has 1 atom stereocenters. The fourth-order valence-corrected chi connectivity index (χ4v) is 2.17. The number of aryl methyl sites for hydroxylation is 1. The SMILES string of the molecule is Cc1ccc(S(=O)O)c(C2=CC=CC=CN2)c1. The van der Waals surface area contributed by atoms with Gasteiger partial charge in [0.25, 0.3) is 0 Å². The van der Waals surface area contributed by atoms with Crippen molar-refractivity contribution in [3.63, 3.8) is 0 Å². The van der Waals surface area contributed by atoms with Crippen molar-refractivity contribution in [3.8, 4) is 0 Å². The van der Waals surface area contributed by atoms with Gasteiger partial charge in [-0.05, 0) is 31.2 Å². The molecule has 0 aliphatic carbocycles. The van der Waals surface area contributed by atoms with Crippen LogP contribution in [-0.2, 0) is 11.1 Å². The van der Waals surface area contributed by atoms with E-state index >= 15 is 0 Å². The van der Waals surface area contributed by atoms with Crippen LogP contribution in [0.25, 0.3) is 5.70 Å². The van der Waals surface area contributed by atoms with E-state index in [9.17, 15) is 8.76 Å². The molecule has 88 valence electrons. The topological polar surface area (TPSA) is 49.3 Å². The quantitative estimate of drug-likeness (QED) is 0.790. The second-order valence-corrected chi connectivity index (χ2v) is 4.66. The van der Waals surface area contributed by atoms with E-state index in [2.05, 4.69) is 5.32 Å². The van der Waals surface area contributed by atoms with Crippen molar-refractivity contribution >= 4 is 16.8 Å². The monoisotopic (exact) mass is 247 g/mol.